The predicted molar refractivity (Wildman–Crippen MR) is 64.9 cm³/mol. The van der Waals surface area contributed by atoms with Crippen LogP contribution in [0, 0.1) is 0 Å². The molecule has 0 atom stereocenters. The topological polar surface area (TPSA) is 0 Å². The van der Waals surface area contributed by atoms with Crippen molar-refractivity contribution in [2.24, 2.45) is 0 Å². The average Bonchev–Trinajstić information content (AvgIpc) is 2.15. The van der Waals surface area contributed by atoms with Crippen molar-refractivity contribution in [2.45, 2.75) is 0 Å². The van der Waals surface area contributed by atoms with E-state index < -0.39 is 0 Å². The lowest BCUT2D eigenvalue weighted by Crippen LogP contribution is -1.99. The molecule has 0 amide bonds. The molecular formula is C12H10B2. The largest absolute Gasteiger partial charge is 0.113 e. The first kappa shape index (κ1) is 10.6. The van der Waals surface area contributed by atoms with E-state index in [0.29, 0.717) is 5.47 Å². The maximum absolute atomic E-state index is 5.57. The summed E-state index contributed by atoms with van der Waals surface area (Å²) >= 11 is 0. The Morgan fingerprint density at radius 1 is 1.07 bits per heavy atom. The Labute approximate surface area is 87.9 Å². The van der Waals surface area contributed by atoms with Crippen molar-refractivity contribution in [1.29, 1.82) is 0 Å². The van der Waals surface area contributed by atoms with Crippen LogP contribution < -0.4 is 5.46 Å². The summed E-state index contributed by atoms with van der Waals surface area (Å²) in [4.78, 5) is 0. The normalized spacial score (nSPS) is 10.3. The zero-order valence-corrected chi connectivity index (χ0v) is 8.03. The minimum Gasteiger partial charge on any atom is -0.106 e. The molecule has 0 fully saturated rings. The van der Waals surface area contributed by atoms with Crippen LogP contribution in [0.25, 0.3) is 5.57 Å². The molecule has 0 bridgehead atoms. The molecule has 0 spiro atoms. The van der Waals surface area contributed by atoms with E-state index in [1.54, 1.807) is 6.08 Å². The maximum Gasteiger partial charge on any atom is 0.113 e. The zero-order chi connectivity index (χ0) is 10.6. The molecule has 2 heteroatoms. The molecule has 1 aromatic rings. The van der Waals surface area contributed by atoms with E-state index in [2.05, 4.69) is 13.2 Å². The highest BCUT2D eigenvalue weighted by Crippen LogP contribution is 2.12. The lowest BCUT2D eigenvalue weighted by atomic mass is 9.93. The Morgan fingerprint density at radius 3 is 2.14 bits per heavy atom. The van der Waals surface area contributed by atoms with Gasteiger partial charge in [0.25, 0.3) is 0 Å². The van der Waals surface area contributed by atoms with Crippen LogP contribution in [0.3, 0.4) is 0 Å². The van der Waals surface area contributed by atoms with Crippen LogP contribution in [0.2, 0.25) is 0 Å². The highest BCUT2D eigenvalue weighted by Gasteiger charge is 1.93. The fourth-order valence-electron chi connectivity index (χ4n) is 1.00. The van der Waals surface area contributed by atoms with Gasteiger partial charge in [-0.15, -0.1) is 12.1 Å². The van der Waals surface area contributed by atoms with Crippen molar-refractivity contribution in [1.82, 2.24) is 0 Å². The van der Waals surface area contributed by atoms with E-state index in [4.69, 9.17) is 15.7 Å². The third-order valence-corrected chi connectivity index (χ3v) is 1.78. The molecular weight excluding hydrogens is 166 g/mol. The van der Waals surface area contributed by atoms with Crippen LogP contribution in [0.15, 0.2) is 55.0 Å². The SMILES string of the molecule is [B]C(=C)/C=C\C(=C)c1ccc([B])cc1. The fourth-order valence-corrected chi connectivity index (χ4v) is 1.00. The van der Waals surface area contributed by atoms with E-state index in [9.17, 15) is 0 Å². The molecule has 1 aromatic carbocycles. The first-order chi connectivity index (χ1) is 6.59. The third-order valence-electron chi connectivity index (χ3n) is 1.78. The monoisotopic (exact) mass is 176 g/mol. The van der Waals surface area contributed by atoms with Crippen LogP contribution in [0.5, 0.6) is 0 Å². The van der Waals surface area contributed by atoms with Crippen molar-refractivity contribution in [3.63, 3.8) is 0 Å². The van der Waals surface area contributed by atoms with Gasteiger partial charge in [-0.25, -0.2) is 0 Å². The molecule has 64 valence electrons. The van der Waals surface area contributed by atoms with E-state index in [1.165, 1.54) is 0 Å². The first-order valence-corrected chi connectivity index (χ1v) is 4.27. The van der Waals surface area contributed by atoms with Crippen molar-refractivity contribution < 1.29 is 0 Å². The minimum absolute atomic E-state index is 0.515. The van der Waals surface area contributed by atoms with Gasteiger partial charge >= 0.3 is 0 Å². The van der Waals surface area contributed by atoms with Gasteiger partial charge in [-0.05, 0) is 11.1 Å². The lowest BCUT2D eigenvalue weighted by molar-refractivity contribution is 1.66. The molecule has 0 aliphatic carbocycles. The van der Waals surface area contributed by atoms with Gasteiger partial charge in [-0.2, -0.15) is 0 Å². The molecule has 14 heavy (non-hydrogen) atoms. The number of hydrogen-bond donors (Lipinski definition) is 0. The van der Waals surface area contributed by atoms with Crippen molar-refractivity contribution in [3.05, 3.63) is 60.6 Å². The number of rotatable bonds is 3. The van der Waals surface area contributed by atoms with Gasteiger partial charge in [-0.3, -0.25) is 0 Å². The molecule has 1 rings (SSSR count). The van der Waals surface area contributed by atoms with Gasteiger partial charge in [0.15, 0.2) is 0 Å². The summed E-state index contributed by atoms with van der Waals surface area (Å²) in [6.45, 7) is 7.47. The second-order valence-electron chi connectivity index (χ2n) is 3.06. The number of benzene rings is 1. The summed E-state index contributed by atoms with van der Waals surface area (Å²) in [6, 6.07) is 7.51. The molecule has 0 N–H and O–H groups in total. The van der Waals surface area contributed by atoms with Gasteiger partial charge < -0.3 is 0 Å². The molecule has 0 nitrogen and oxygen atoms in total. The predicted octanol–water partition coefficient (Wildman–Crippen LogP) is 1.73. The van der Waals surface area contributed by atoms with Gasteiger partial charge in [-0.1, -0.05) is 48.5 Å². The highest BCUT2D eigenvalue weighted by molar-refractivity contribution is 6.32. The summed E-state index contributed by atoms with van der Waals surface area (Å²) in [6.07, 6.45) is 3.55. The molecule has 0 aromatic heterocycles. The molecule has 0 aliphatic heterocycles. The first-order valence-electron chi connectivity index (χ1n) is 4.27. The van der Waals surface area contributed by atoms with Crippen LogP contribution in [-0.4, -0.2) is 15.7 Å². The van der Waals surface area contributed by atoms with Crippen molar-refractivity contribution >= 4 is 26.7 Å². The molecule has 4 radical (unpaired) electrons. The second kappa shape index (κ2) is 4.71. The molecule has 0 saturated carbocycles. The summed E-state index contributed by atoms with van der Waals surface area (Å²) < 4.78 is 0. The maximum atomic E-state index is 5.57. The summed E-state index contributed by atoms with van der Waals surface area (Å²) in [5.74, 6) is 0. The van der Waals surface area contributed by atoms with Crippen LogP contribution in [0.1, 0.15) is 5.56 Å². The van der Waals surface area contributed by atoms with Crippen molar-refractivity contribution in [2.75, 3.05) is 0 Å². The molecule has 0 saturated heterocycles. The van der Waals surface area contributed by atoms with E-state index in [1.807, 2.05) is 30.3 Å². The quantitative estimate of drug-likeness (QED) is 0.485. The number of allylic oxidation sites excluding steroid dienone is 4. The standard InChI is InChI=1S/C12H10B2/c1-9(3-4-10(2)13)11-5-7-12(14)8-6-11/h3-8H,1-2H2/b4-3-. The van der Waals surface area contributed by atoms with Gasteiger partial charge in [0.05, 0.1) is 0 Å². The molecule has 0 unspecified atom stereocenters. The third kappa shape index (κ3) is 3.14. The van der Waals surface area contributed by atoms with Gasteiger partial charge in [0.2, 0.25) is 0 Å². The summed E-state index contributed by atoms with van der Waals surface area (Å²) in [5, 5.41) is 0. The Bertz CT molecular complexity index is 372. The van der Waals surface area contributed by atoms with E-state index in [-0.39, 0.29) is 0 Å². The second-order valence-corrected chi connectivity index (χ2v) is 3.06. The summed E-state index contributed by atoms with van der Waals surface area (Å²) in [5.41, 5.74) is 3.17. The van der Waals surface area contributed by atoms with Crippen molar-refractivity contribution in [3.8, 4) is 0 Å². The summed E-state index contributed by atoms with van der Waals surface area (Å²) in [7, 11) is 11.0. The van der Waals surface area contributed by atoms with Gasteiger partial charge in [0.1, 0.15) is 15.7 Å². The van der Waals surface area contributed by atoms with E-state index >= 15 is 0 Å². The number of hydrogen-bond acceptors (Lipinski definition) is 0. The average molecular weight is 176 g/mol. The zero-order valence-electron chi connectivity index (χ0n) is 8.03. The highest BCUT2D eigenvalue weighted by atomic mass is 14.0. The Morgan fingerprint density at radius 2 is 1.64 bits per heavy atom. The van der Waals surface area contributed by atoms with E-state index in [0.717, 1.165) is 16.6 Å². The fraction of sp³-hybridized carbons (Fsp3) is 0. The van der Waals surface area contributed by atoms with Crippen LogP contribution >= 0.6 is 0 Å². The van der Waals surface area contributed by atoms with Crippen LogP contribution in [-0.2, 0) is 0 Å². The Balaban J connectivity index is 2.80. The Kier molecular flexibility index (Phi) is 3.58. The van der Waals surface area contributed by atoms with Gasteiger partial charge in [0, 0.05) is 0 Å². The lowest BCUT2D eigenvalue weighted by Gasteiger charge is -2.01. The molecule has 0 aliphatic rings. The van der Waals surface area contributed by atoms with Crippen LogP contribution in [0.4, 0.5) is 0 Å². The minimum atomic E-state index is 0.515. The smallest absolute Gasteiger partial charge is 0.106 e. The molecule has 0 heterocycles. The Hall–Kier alpha value is -1.43.